The number of anilines is 1. The Bertz CT molecular complexity index is 1040. The molecular weight excluding hydrogens is 379 g/mol. The lowest BCUT2D eigenvalue weighted by atomic mass is 10.2. The first-order valence-corrected chi connectivity index (χ1v) is 8.17. The van der Waals surface area contributed by atoms with Gasteiger partial charge in [-0.05, 0) is 38.1 Å². The first-order valence-electron chi connectivity index (χ1n) is 7.79. The normalized spacial score (nSPS) is 10.8. The van der Waals surface area contributed by atoms with Gasteiger partial charge in [0.15, 0.2) is 5.76 Å². The van der Waals surface area contributed by atoms with Gasteiger partial charge in [-0.2, -0.15) is 9.49 Å². The van der Waals surface area contributed by atoms with Gasteiger partial charge in [0.2, 0.25) is 5.82 Å². The molecule has 0 radical (unpaired) electrons. The SMILES string of the molecule is Cc1nn(Cc2ccc(C(=O)Nc3ccc(F)c([N+](=O)[O-])c3)o2)c(C)c1Cl. The van der Waals surface area contributed by atoms with Crippen LogP contribution in [0.1, 0.15) is 27.7 Å². The first-order chi connectivity index (χ1) is 12.8. The predicted molar refractivity (Wildman–Crippen MR) is 95.5 cm³/mol. The minimum Gasteiger partial charge on any atom is -0.454 e. The highest BCUT2D eigenvalue weighted by atomic mass is 35.5. The molecule has 0 aliphatic rings. The Labute approximate surface area is 157 Å². The van der Waals surface area contributed by atoms with Crippen LogP contribution < -0.4 is 5.32 Å². The molecule has 1 N–H and O–H groups in total. The third-order valence-corrected chi connectivity index (χ3v) is 4.43. The molecule has 0 saturated heterocycles. The molecule has 0 aliphatic heterocycles. The number of nitro groups is 1. The molecule has 1 aromatic carbocycles. The number of carbonyl (C=O) groups excluding carboxylic acids is 1. The Hall–Kier alpha value is -3.20. The maximum Gasteiger partial charge on any atom is 0.306 e. The van der Waals surface area contributed by atoms with Crippen molar-refractivity contribution in [3.63, 3.8) is 0 Å². The number of hydrogen-bond donors (Lipinski definition) is 1. The number of aromatic nitrogens is 2. The number of hydrogen-bond acceptors (Lipinski definition) is 5. The molecule has 8 nitrogen and oxygen atoms in total. The van der Waals surface area contributed by atoms with Gasteiger partial charge >= 0.3 is 5.69 Å². The number of amides is 1. The molecule has 0 atom stereocenters. The van der Waals surface area contributed by atoms with Crippen LogP contribution in [0.25, 0.3) is 0 Å². The van der Waals surface area contributed by atoms with Crippen LogP contribution in [0.4, 0.5) is 15.8 Å². The number of benzene rings is 1. The Kier molecular flexibility index (Phi) is 4.95. The largest absolute Gasteiger partial charge is 0.454 e. The standard InChI is InChI=1S/C17H14ClFN4O4/c1-9-16(18)10(2)22(21-9)8-12-4-6-15(27-12)17(24)20-11-3-5-13(19)14(7-11)23(25)26/h3-7H,8H2,1-2H3,(H,20,24). The molecule has 0 unspecified atom stereocenters. The molecule has 10 heteroatoms. The molecule has 3 rings (SSSR count). The molecule has 3 aromatic rings. The zero-order valence-electron chi connectivity index (χ0n) is 14.3. The lowest BCUT2D eigenvalue weighted by molar-refractivity contribution is -0.387. The highest BCUT2D eigenvalue weighted by molar-refractivity contribution is 6.31. The van der Waals surface area contributed by atoms with Crippen molar-refractivity contribution in [1.29, 1.82) is 0 Å². The third kappa shape index (κ3) is 3.82. The van der Waals surface area contributed by atoms with Crippen LogP contribution >= 0.6 is 11.6 Å². The van der Waals surface area contributed by atoms with E-state index >= 15 is 0 Å². The Morgan fingerprint density at radius 1 is 1.37 bits per heavy atom. The van der Waals surface area contributed by atoms with Crippen molar-refractivity contribution in [2.75, 3.05) is 5.32 Å². The van der Waals surface area contributed by atoms with Gasteiger partial charge in [0.1, 0.15) is 5.76 Å². The number of furan rings is 1. The van der Waals surface area contributed by atoms with Crippen molar-refractivity contribution in [2.45, 2.75) is 20.4 Å². The van der Waals surface area contributed by atoms with Crippen LogP contribution in [0.15, 0.2) is 34.7 Å². The van der Waals surface area contributed by atoms with E-state index in [2.05, 4.69) is 10.4 Å². The summed E-state index contributed by atoms with van der Waals surface area (Å²) in [6.07, 6.45) is 0. The lowest BCUT2D eigenvalue weighted by Crippen LogP contribution is -2.11. The summed E-state index contributed by atoms with van der Waals surface area (Å²) < 4.78 is 20.5. The van der Waals surface area contributed by atoms with Crippen LogP contribution in [-0.4, -0.2) is 20.6 Å². The molecule has 27 heavy (non-hydrogen) atoms. The second-order valence-electron chi connectivity index (χ2n) is 5.79. The summed E-state index contributed by atoms with van der Waals surface area (Å²) in [5.74, 6) is -1.12. The smallest absolute Gasteiger partial charge is 0.306 e. The molecule has 2 aromatic heterocycles. The molecule has 2 heterocycles. The van der Waals surface area contributed by atoms with Gasteiger partial charge in [0, 0.05) is 11.8 Å². The molecule has 140 valence electrons. The zero-order chi connectivity index (χ0) is 19.7. The monoisotopic (exact) mass is 392 g/mol. The number of aryl methyl sites for hydroxylation is 1. The second kappa shape index (κ2) is 7.20. The predicted octanol–water partition coefficient (Wildman–Crippen LogP) is 4.09. The number of halogens is 2. The Morgan fingerprint density at radius 3 is 2.74 bits per heavy atom. The minimum absolute atomic E-state index is 0.00426. The zero-order valence-corrected chi connectivity index (χ0v) is 15.1. The van der Waals surface area contributed by atoms with E-state index in [0.29, 0.717) is 16.5 Å². The van der Waals surface area contributed by atoms with Gasteiger partial charge in [-0.3, -0.25) is 19.6 Å². The first kappa shape index (κ1) is 18.6. The van der Waals surface area contributed by atoms with Crippen molar-refractivity contribution >= 4 is 28.9 Å². The highest BCUT2D eigenvalue weighted by Crippen LogP contribution is 2.23. The summed E-state index contributed by atoms with van der Waals surface area (Å²) in [7, 11) is 0. The van der Waals surface area contributed by atoms with Crippen molar-refractivity contribution in [3.8, 4) is 0 Å². The van der Waals surface area contributed by atoms with Crippen LogP contribution in [0.2, 0.25) is 5.02 Å². The minimum atomic E-state index is -0.984. The second-order valence-corrected chi connectivity index (χ2v) is 6.16. The van der Waals surface area contributed by atoms with Gasteiger partial charge in [0.05, 0.1) is 27.9 Å². The quantitative estimate of drug-likeness (QED) is 0.520. The maximum absolute atomic E-state index is 13.4. The molecule has 0 spiro atoms. The summed E-state index contributed by atoms with van der Waals surface area (Å²) in [5.41, 5.74) is 0.817. The number of nitrogens with one attached hydrogen (secondary N) is 1. The summed E-state index contributed by atoms with van der Waals surface area (Å²) in [6, 6.07) is 6.16. The molecule has 0 fully saturated rings. The van der Waals surface area contributed by atoms with Gasteiger partial charge in [-0.1, -0.05) is 11.6 Å². The average molecular weight is 393 g/mol. The number of nitrogens with zero attached hydrogens (tertiary/aromatic N) is 3. The molecular formula is C17H14ClFN4O4. The Balaban J connectivity index is 1.74. The van der Waals surface area contributed by atoms with Crippen LogP contribution in [0.3, 0.4) is 0 Å². The van der Waals surface area contributed by atoms with E-state index in [-0.39, 0.29) is 18.0 Å². The van der Waals surface area contributed by atoms with Gasteiger partial charge < -0.3 is 9.73 Å². The maximum atomic E-state index is 13.4. The van der Waals surface area contributed by atoms with Crippen LogP contribution in [-0.2, 0) is 6.54 Å². The van der Waals surface area contributed by atoms with E-state index < -0.39 is 22.3 Å². The van der Waals surface area contributed by atoms with Crippen molar-refractivity contribution in [3.05, 3.63) is 74.2 Å². The topological polar surface area (TPSA) is 103 Å². The third-order valence-electron chi connectivity index (χ3n) is 3.88. The van der Waals surface area contributed by atoms with Gasteiger partial charge in [0.25, 0.3) is 5.91 Å². The molecule has 0 aliphatic carbocycles. The van der Waals surface area contributed by atoms with Gasteiger partial charge in [-0.25, -0.2) is 0 Å². The fourth-order valence-electron chi connectivity index (χ4n) is 2.48. The molecule has 1 amide bonds. The highest BCUT2D eigenvalue weighted by Gasteiger charge is 2.18. The molecule has 0 saturated carbocycles. The van der Waals surface area contributed by atoms with E-state index in [1.165, 1.54) is 12.1 Å². The fourth-order valence-corrected chi connectivity index (χ4v) is 2.62. The van der Waals surface area contributed by atoms with Crippen LogP contribution in [0, 0.1) is 29.8 Å². The lowest BCUT2D eigenvalue weighted by Gasteiger charge is -2.04. The van der Waals surface area contributed by atoms with Crippen LogP contribution in [0.5, 0.6) is 0 Å². The summed E-state index contributed by atoms with van der Waals surface area (Å²) in [4.78, 5) is 22.2. The van der Waals surface area contributed by atoms with Crippen molar-refractivity contribution in [1.82, 2.24) is 9.78 Å². The van der Waals surface area contributed by atoms with Crippen molar-refractivity contribution in [2.24, 2.45) is 0 Å². The van der Waals surface area contributed by atoms with E-state index in [0.717, 1.165) is 17.8 Å². The fraction of sp³-hybridized carbons (Fsp3) is 0.176. The van der Waals surface area contributed by atoms with Gasteiger partial charge in [-0.15, -0.1) is 0 Å². The number of carbonyl (C=O) groups is 1. The van der Waals surface area contributed by atoms with E-state index in [1.54, 1.807) is 17.7 Å². The van der Waals surface area contributed by atoms with E-state index in [4.69, 9.17) is 16.0 Å². The van der Waals surface area contributed by atoms with E-state index in [9.17, 15) is 19.3 Å². The Morgan fingerprint density at radius 2 is 2.11 bits per heavy atom. The molecule has 0 bridgehead atoms. The summed E-state index contributed by atoms with van der Waals surface area (Å²) >= 11 is 6.10. The van der Waals surface area contributed by atoms with E-state index in [1.807, 2.05) is 6.92 Å². The average Bonchev–Trinajstić information content (AvgIpc) is 3.18. The summed E-state index contributed by atoms with van der Waals surface area (Å²) in [5, 5.41) is 18.1. The summed E-state index contributed by atoms with van der Waals surface area (Å²) in [6.45, 7) is 3.89. The van der Waals surface area contributed by atoms with Crippen molar-refractivity contribution < 1.29 is 18.5 Å². The number of nitro benzene ring substituents is 1. The number of rotatable bonds is 5.